The molecule has 0 radical (unpaired) electrons. The maximum Gasteiger partial charge on any atom is 0.339 e. The van der Waals surface area contributed by atoms with Crippen LogP contribution in [0, 0.1) is 6.92 Å². The van der Waals surface area contributed by atoms with Crippen molar-refractivity contribution in [3.63, 3.8) is 0 Å². The summed E-state index contributed by atoms with van der Waals surface area (Å²) in [7, 11) is -1.22. The third-order valence-corrected chi connectivity index (χ3v) is 4.08. The Morgan fingerprint density at radius 3 is 2.62 bits per heavy atom. The van der Waals surface area contributed by atoms with Crippen LogP contribution < -0.4 is 0 Å². The van der Waals surface area contributed by atoms with Crippen molar-refractivity contribution in [2.45, 2.75) is 18.7 Å². The molecular formula is C11H13BrO3S. The van der Waals surface area contributed by atoms with Crippen LogP contribution in [-0.4, -0.2) is 23.0 Å². The molecule has 0 heterocycles. The van der Waals surface area contributed by atoms with Gasteiger partial charge in [0.05, 0.1) is 27.9 Å². The number of halogens is 1. The van der Waals surface area contributed by atoms with Crippen molar-refractivity contribution in [3.8, 4) is 0 Å². The molecule has 88 valence electrons. The average molecular weight is 305 g/mol. The summed E-state index contributed by atoms with van der Waals surface area (Å²) >= 11 is 3.35. The molecule has 0 spiro atoms. The van der Waals surface area contributed by atoms with E-state index in [4.69, 9.17) is 4.74 Å². The van der Waals surface area contributed by atoms with Gasteiger partial charge in [-0.3, -0.25) is 4.21 Å². The Balaban J connectivity index is 3.34. The third-order valence-electron chi connectivity index (χ3n) is 2.12. The summed E-state index contributed by atoms with van der Waals surface area (Å²) in [5.74, 6) is -0.427. The van der Waals surface area contributed by atoms with Crippen molar-refractivity contribution >= 4 is 32.7 Å². The maximum absolute atomic E-state index is 11.7. The Kier molecular flexibility index (Phi) is 4.68. The smallest absolute Gasteiger partial charge is 0.339 e. The van der Waals surface area contributed by atoms with Gasteiger partial charge in [-0.15, -0.1) is 0 Å². The third kappa shape index (κ3) is 2.71. The molecule has 1 atom stereocenters. The van der Waals surface area contributed by atoms with E-state index in [0.29, 0.717) is 17.1 Å². The van der Waals surface area contributed by atoms with E-state index >= 15 is 0 Å². The molecule has 0 bridgehead atoms. The van der Waals surface area contributed by atoms with Gasteiger partial charge in [0, 0.05) is 10.7 Å². The van der Waals surface area contributed by atoms with Gasteiger partial charge in [-0.05, 0) is 31.5 Å². The van der Waals surface area contributed by atoms with Crippen LogP contribution in [0.5, 0.6) is 0 Å². The van der Waals surface area contributed by atoms with Crippen molar-refractivity contribution in [1.82, 2.24) is 0 Å². The van der Waals surface area contributed by atoms with Gasteiger partial charge in [0.25, 0.3) is 0 Å². The number of rotatable bonds is 3. The van der Waals surface area contributed by atoms with Gasteiger partial charge in [-0.2, -0.15) is 0 Å². The second kappa shape index (κ2) is 5.59. The molecule has 1 unspecified atom stereocenters. The molecule has 1 aromatic rings. The van der Waals surface area contributed by atoms with Gasteiger partial charge in [0.1, 0.15) is 0 Å². The minimum Gasteiger partial charge on any atom is -0.462 e. The van der Waals surface area contributed by atoms with Gasteiger partial charge in [0.2, 0.25) is 0 Å². The molecular weight excluding hydrogens is 292 g/mol. The van der Waals surface area contributed by atoms with E-state index in [1.807, 2.05) is 6.92 Å². The van der Waals surface area contributed by atoms with Crippen LogP contribution >= 0.6 is 15.9 Å². The molecule has 0 amide bonds. The number of esters is 1. The minimum atomic E-state index is -1.22. The summed E-state index contributed by atoms with van der Waals surface area (Å²) in [6.45, 7) is 3.87. The largest absolute Gasteiger partial charge is 0.462 e. The SMILES string of the molecule is CCOC(=O)c1ccc(Br)c(C)c1S(C)=O. The summed E-state index contributed by atoms with van der Waals surface area (Å²) < 4.78 is 17.4. The summed E-state index contributed by atoms with van der Waals surface area (Å²) in [6.07, 6.45) is 1.55. The van der Waals surface area contributed by atoms with Crippen molar-refractivity contribution in [3.05, 3.63) is 27.7 Å². The molecule has 16 heavy (non-hydrogen) atoms. The lowest BCUT2D eigenvalue weighted by atomic mass is 10.1. The Hall–Kier alpha value is -0.680. The van der Waals surface area contributed by atoms with E-state index in [1.54, 1.807) is 25.3 Å². The summed E-state index contributed by atoms with van der Waals surface area (Å²) in [5, 5.41) is 0. The highest BCUT2D eigenvalue weighted by atomic mass is 79.9. The number of carbonyl (C=O) groups excluding carboxylic acids is 1. The van der Waals surface area contributed by atoms with E-state index in [0.717, 1.165) is 10.0 Å². The first-order valence-corrected chi connectivity index (χ1v) is 7.13. The lowest BCUT2D eigenvalue weighted by molar-refractivity contribution is 0.0522. The average Bonchev–Trinajstić information content (AvgIpc) is 2.21. The first kappa shape index (κ1) is 13.4. The Morgan fingerprint density at radius 2 is 2.12 bits per heavy atom. The molecule has 0 fully saturated rings. The highest BCUT2D eigenvalue weighted by molar-refractivity contribution is 9.10. The van der Waals surface area contributed by atoms with Gasteiger partial charge in [-0.25, -0.2) is 4.79 Å². The highest BCUT2D eigenvalue weighted by Crippen LogP contribution is 2.26. The standard InChI is InChI=1S/C11H13BrO3S/c1-4-15-11(13)8-5-6-9(12)7(2)10(8)16(3)14/h5-6H,4H2,1-3H3. The molecule has 0 aliphatic heterocycles. The molecule has 0 N–H and O–H groups in total. The zero-order valence-electron chi connectivity index (χ0n) is 9.37. The topological polar surface area (TPSA) is 43.4 Å². The van der Waals surface area contributed by atoms with Crippen LogP contribution in [0.3, 0.4) is 0 Å². The fraction of sp³-hybridized carbons (Fsp3) is 0.364. The first-order valence-electron chi connectivity index (χ1n) is 4.78. The van der Waals surface area contributed by atoms with Crippen LogP contribution in [0.1, 0.15) is 22.8 Å². The number of hydrogen-bond acceptors (Lipinski definition) is 3. The molecule has 0 aliphatic carbocycles. The summed E-state index contributed by atoms with van der Waals surface area (Å²) in [5.41, 5.74) is 1.19. The Morgan fingerprint density at radius 1 is 1.50 bits per heavy atom. The fourth-order valence-corrected chi connectivity index (χ4v) is 2.87. The molecule has 0 saturated carbocycles. The molecule has 0 saturated heterocycles. The molecule has 1 aromatic carbocycles. The van der Waals surface area contributed by atoms with E-state index in [-0.39, 0.29) is 0 Å². The summed E-state index contributed by atoms with van der Waals surface area (Å²) in [6, 6.07) is 3.39. The molecule has 0 aromatic heterocycles. The van der Waals surface area contributed by atoms with Crippen molar-refractivity contribution in [2.24, 2.45) is 0 Å². The molecule has 1 rings (SSSR count). The van der Waals surface area contributed by atoms with Crippen LogP contribution in [0.2, 0.25) is 0 Å². The molecule has 3 nitrogen and oxygen atoms in total. The van der Waals surface area contributed by atoms with Gasteiger partial charge in [-0.1, -0.05) is 15.9 Å². The summed E-state index contributed by atoms with van der Waals surface area (Å²) in [4.78, 5) is 12.2. The van der Waals surface area contributed by atoms with Crippen LogP contribution in [0.25, 0.3) is 0 Å². The second-order valence-corrected chi connectivity index (χ2v) is 5.39. The predicted octanol–water partition coefficient (Wildman–Crippen LogP) is 2.67. The molecule has 5 heteroatoms. The minimum absolute atomic E-state index is 0.309. The Bertz CT molecular complexity index is 443. The lowest BCUT2D eigenvalue weighted by Gasteiger charge is -2.10. The van der Waals surface area contributed by atoms with E-state index in [9.17, 15) is 9.00 Å². The van der Waals surface area contributed by atoms with E-state index < -0.39 is 16.8 Å². The lowest BCUT2D eigenvalue weighted by Crippen LogP contribution is -2.10. The number of benzene rings is 1. The van der Waals surface area contributed by atoms with Crippen molar-refractivity contribution in [1.29, 1.82) is 0 Å². The van der Waals surface area contributed by atoms with Gasteiger partial charge >= 0.3 is 5.97 Å². The van der Waals surface area contributed by atoms with Crippen LogP contribution in [0.15, 0.2) is 21.5 Å². The maximum atomic E-state index is 11.7. The second-order valence-electron chi connectivity index (χ2n) is 3.22. The Labute approximate surface area is 106 Å². The molecule has 0 aliphatic rings. The number of hydrogen-bond donors (Lipinski definition) is 0. The quantitative estimate of drug-likeness (QED) is 0.806. The fourth-order valence-electron chi connectivity index (χ4n) is 1.41. The number of carbonyl (C=O) groups is 1. The number of ether oxygens (including phenoxy) is 1. The highest BCUT2D eigenvalue weighted by Gasteiger charge is 2.18. The van der Waals surface area contributed by atoms with Crippen LogP contribution in [-0.2, 0) is 15.5 Å². The zero-order valence-corrected chi connectivity index (χ0v) is 11.8. The monoisotopic (exact) mass is 304 g/mol. The zero-order chi connectivity index (χ0) is 12.3. The predicted molar refractivity (Wildman–Crippen MR) is 67.2 cm³/mol. The first-order chi connectivity index (χ1) is 7.49. The van der Waals surface area contributed by atoms with Gasteiger partial charge in [0.15, 0.2) is 0 Å². The van der Waals surface area contributed by atoms with Gasteiger partial charge < -0.3 is 4.74 Å². The van der Waals surface area contributed by atoms with Crippen LogP contribution in [0.4, 0.5) is 0 Å². The van der Waals surface area contributed by atoms with E-state index in [1.165, 1.54) is 0 Å². The normalized spacial score (nSPS) is 12.2. The van der Waals surface area contributed by atoms with Crippen molar-refractivity contribution in [2.75, 3.05) is 12.9 Å². The van der Waals surface area contributed by atoms with Crippen molar-refractivity contribution < 1.29 is 13.7 Å². The van der Waals surface area contributed by atoms with E-state index in [2.05, 4.69) is 15.9 Å².